The molecule has 0 heterocycles. The molecule has 0 aliphatic carbocycles. The number of hydrogen-bond donors (Lipinski definition) is 1. The summed E-state index contributed by atoms with van der Waals surface area (Å²) in [7, 11) is 0. The second-order valence-electron chi connectivity index (χ2n) is 22.1. The Hall–Kier alpha value is -6.04. The number of ether oxygens (including phenoxy) is 2. The molecule has 0 rings (SSSR count). The number of hydrogen-bond acceptors (Lipinski definition) is 5. The maximum absolute atomic E-state index is 12.4. The maximum atomic E-state index is 12.4. The van der Waals surface area contributed by atoms with Gasteiger partial charge in [0.05, 0.1) is 6.61 Å². The van der Waals surface area contributed by atoms with Crippen LogP contribution in [-0.4, -0.2) is 36.4 Å². The molecule has 0 bridgehead atoms. The number of aliphatic hydroxyl groups excluding tert-OH is 1. The number of carbonyl (C=O) groups is 2. The van der Waals surface area contributed by atoms with Crippen molar-refractivity contribution < 1.29 is 24.2 Å². The Bertz CT molecular complexity index is 2150. The highest BCUT2D eigenvalue weighted by Gasteiger charge is 2.16. The lowest BCUT2D eigenvalue weighted by molar-refractivity contribution is -0.161. The van der Waals surface area contributed by atoms with Crippen LogP contribution < -0.4 is 0 Å². The van der Waals surface area contributed by atoms with Crippen molar-refractivity contribution in [1.82, 2.24) is 0 Å². The lowest BCUT2D eigenvalue weighted by Crippen LogP contribution is -2.28. The predicted octanol–water partition coefficient (Wildman–Crippen LogP) is 24.9. The summed E-state index contributed by atoms with van der Waals surface area (Å²) in [6, 6.07) is 0. The van der Waals surface area contributed by atoms with Crippen LogP contribution in [0, 0.1) is 0 Å². The molecule has 1 atom stereocenters. The summed E-state index contributed by atoms with van der Waals surface area (Å²) in [6.07, 6.45) is 123. The first kappa shape index (κ1) is 82.0. The molecule has 5 heteroatoms. The number of carbonyl (C=O) groups excluding carboxylic acids is 2. The first-order chi connectivity index (χ1) is 43.6. The maximum Gasteiger partial charge on any atom is 0.306 e. The van der Waals surface area contributed by atoms with Crippen LogP contribution in [0.3, 0.4) is 0 Å². The van der Waals surface area contributed by atoms with Gasteiger partial charge in [0.25, 0.3) is 0 Å². The fourth-order valence-electron chi connectivity index (χ4n) is 8.81. The van der Waals surface area contributed by atoms with Crippen molar-refractivity contribution in [3.8, 4) is 0 Å². The predicted molar refractivity (Wildman–Crippen MR) is 388 cm³/mol. The molecule has 488 valence electrons. The van der Waals surface area contributed by atoms with E-state index in [1.807, 2.05) is 0 Å². The number of aliphatic hydroxyl groups is 1. The van der Waals surface area contributed by atoms with E-state index in [2.05, 4.69) is 245 Å². The van der Waals surface area contributed by atoms with E-state index >= 15 is 0 Å². The van der Waals surface area contributed by atoms with Gasteiger partial charge in [-0.25, -0.2) is 0 Å². The SMILES string of the molecule is CC/C=C\C/C=C\C/C=C\C/C=C\C/C=C\C/C=C\C/C=C\C/C=C\C/C=C\C/C=C\CCCCCCC(=O)OC(CO)COC(=O)CCCCCCCCCCCCC/C=C\C/C=C\C/C=C\C/C=C\C/C=C\C/C=C\C/C=C\C/C=C\C/C=C\CC. The van der Waals surface area contributed by atoms with E-state index in [4.69, 9.17) is 9.47 Å². The Labute approximate surface area is 541 Å². The molecule has 0 aromatic heterocycles. The second kappa shape index (κ2) is 75.2. The van der Waals surface area contributed by atoms with Crippen molar-refractivity contribution >= 4 is 11.9 Å². The van der Waals surface area contributed by atoms with E-state index < -0.39 is 6.10 Å². The summed E-state index contributed by atoms with van der Waals surface area (Å²) < 4.78 is 10.7. The van der Waals surface area contributed by atoms with Crippen molar-refractivity contribution in [3.05, 3.63) is 231 Å². The summed E-state index contributed by atoms with van der Waals surface area (Å²) in [5.41, 5.74) is 0. The highest BCUT2D eigenvalue weighted by atomic mass is 16.6. The van der Waals surface area contributed by atoms with Gasteiger partial charge in [-0.15, -0.1) is 0 Å². The van der Waals surface area contributed by atoms with Gasteiger partial charge in [-0.2, -0.15) is 0 Å². The fraction of sp³-hybridized carbons (Fsp3) is 0.518. The van der Waals surface area contributed by atoms with Gasteiger partial charge in [-0.3, -0.25) is 9.59 Å². The van der Waals surface area contributed by atoms with Crippen LogP contribution in [0.5, 0.6) is 0 Å². The van der Waals surface area contributed by atoms with Gasteiger partial charge < -0.3 is 14.6 Å². The second-order valence-corrected chi connectivity index (χ2v) is 22.1. The van der Waals surface area contributed by atoms with Crippen LogP contribution in [0.15, 0.2) is 231 Å². The Morgan fingerprint density at radius 3 is 0.682 bits per heavy atom. The minimum Gasteiger partial charge on any atom is -0.462 e. The molecule has 0 aromatic rings. The average molecular weight is 1200 g/mol. The van der Waals surface area contributed by atoms with Gasteiger partial charge in [0.1, 0.15) is 6.61 Å². The molecular weight excluding hydrogens is 1080 g/mol. The van der Waals surface area contributed by atoms with Gasteiger partial charge >= 0.3 is 11.9 Å². The Balaban J connectivity index is 3.65. The van der Waals surface area contributed by atoms with E-state index in [1.165, 1.54) is 57.8 Å². The first-order valence-electron chi connectivity index (χ1n) is 34.9. The molecule has 0 aliphatic rings. The molecule has 0 aromatic carbocycles. The van der Waals surface area contributed by atoms with Crippen molar-refractivity contribution in [2.45, 2.75) is 264 Å². The standard InChI is InChI=1S/C83H126O5/c1-3-5-7-9-11-13-15-17-19-21-23-25-27-29-31-33-35-37-39-40-41-42-44-45-47-49-51-53-55-57-59-61-63-65-67-69-71-73-75-77-82(85)87-80-81(79-84)88-83(86)78-76-74-72-70-68-66-64-62-60-58-56-54-52-50-48-46-43-38-36-34-32-30-28-26-24-22-20-18-16-14-12-10-8-6-4-2/h5-8,11-14,17-20,23-26,29-32,35-38,40-41,44-46,48-49,51-52,54,58,60,64,66,81,84H,3-4,9-10,15-16,21-22,27-28,33-34,39,42-43,47,50,53,55-57,59,61-63,65,67-80H2,1-2H3/b7-5-,8-6-,13-11-,14-12-,19-17-,20-18-,25-23-,26-24-,31-29-,32-30-,37-35-,38-36-,41-40-,45-44-,48-46-,51-49-,54-52-,60-58-,66-64-. The molecule has 88 heavy (non-hydrogen) atoms. The normalized spacial score (nSPS) is 13.7. The molecule has 5 nitrogen and oxygen atoms in total. The van der Waals surface area contributed by atoms with Crippen LogP contribution in [0.1, 0.15) is 258 Å². The van der Waals surface area contributed by atoms with Crippen molar-refractivity contribution in [1.29, 1.82) is 0 Å². The first-order valence-corrected chi connectivity index (χ1v) is 34.9. The molecule has 1 unspecified atom stereocenters. The zero-order valence-electron chi connectivity index (χ0n) is 55.9. The van der Waals surface area contributed by atoms with E-state index in [0.29, 0.717) is 12.8 Å². The Morgan fingerprint density at radius 2 is 0.455 bits per heavy atom. The molecule has 0 amide bonds. The summed E-state index contributed by atoms with van der Waals surface area (Å²) in [4.78, 5) is 24.7. The van der Waals surface area contributed by atoms with Crippen LogP contribution in [0.2, 0.25) is 0 Å². The fourth-order valence-corrected chi connectivity index (χ4v) is 8.81. The van der Waals surface area contributed by atoms with E-state index in [1.54, 1.807) is 0 Å². The third kappa shape index (κ3) is 72.4. The molecule has 0 spiro atoms. The number of rotatable bonds is 61. The van der Waals surface area contributed by atoms with Crippen LogP contribution in [0.4, 0.5) is 0 Å². The van der Waals surface area contributed by atoms with Gasteiger partial charge in [0, 0.05) is 12.8 Å². The summed E-state index contributed by atoms with van der Waals surface area (Å²) in [6.45, 7) is 3.88. The number of esters is 2. The average Bonchev–Trinajstić information content (AvgIpc) is 3.54. The minimum atomic E-state index is -0.807. The molecule has 0 radical (unpaired) electrons. The van der Waals surface area contributed by atoms with E-state index in [9.17, 15) is 14.7 Å². The van der Waals surface area contributed by atoms with Crippen molar-refractivity contribution in [2.75, 3.05) is 13.2 Å². The topological polar surface area (TPSA) is 72.8 Å². The van der Waals surface area contributed by atoms with Gasteiger partial charge in [0.15, 0.2) is 6.10 Å². The summed E-state index contributed by atoms with van der Waals surface area (Å²) in [5, 5.41) is 9.70. The van der Waals surface area contributed by atoms with Crippen molar-refractivity contribution in [3.63, 3.8) is 0 Å². The molecular formula is C83H126O5. The highest BCUT2D eigenvalue weighted by molar-refractivity contribution is 5.70. The zero-order valence-corrected chi connectivity index (χ0v) is 55.9. The molecule has 0 saturated heterocycles. The quantitative estimate of drug-likeness (QED) is 0.0373. The largest absolute Gasteiger partial charge is 0.462 e. The third-order valence-corrected chi connectivity index (χ3v) is 14.0. The van der Waals surface area contributed by atoms with E-state index in [-0.39, 0.29) is 25.2 Å². The third-order valence-electron chi connectivity index (χ3n) is 14.0. The minimum absolute atomic E-state index is 0.0929. The van der Waals surface area contributed by atoms with E-state index in [0.717, 1.165) is 173 Å². The number of allylic oxidation sites excluding steroid dienone is 38. The van der Waals surface area contributed by atoms with Crippen molar-refractivity contribution in [2.24, 2.45) is 0 Å². The summed E-state index contributed by atoms with van der Waals surface area (Å²) in [5.74, 6) is -0.639. The molecule has 1 N–H and O–H groups in total. The van der Waals surface area contributed by atoms with Gasteiger partial charge in [-0.05, 0) is 161 Å². The molecule has 0 aliphatic heterocycles. The lowest BCUT2D eigenvalue weighted by atomic mass is 10.0. The van der Waals surface area contributed by atoms with Crippen LogP contribution in [0.25, 0.3) is 0 Å². The Morgan fingerprint density at radius 1 is 0.261 bits per heavy atom. The molecule has 0 saturated carbocycles. The highest BCUT2D eigenvalue weighted by Crippen LogP contribution is 2.14. The zero-order chi connectivity index (χ0) is 63.3. The van der Waals surface area contributed by atoms with Crippen LogP contribution >= 0.6 is 0 Å². The number of unbranched alkanes of at least 4 members (excludes halogenated alkanes) is 15. The Kier molecular flexibility index (Phi) is 70.0. The monoisotopic (exact) mass is 1200 g/mol. The smallest absolute Gasteiger partial charge is 0.306 e. The summed E-state index contributed by atoms with van der Waals surface area (Å²) >= 11 is 0. The van der Waals surface area contributed by atoms with Gasteiger partial charge in [0.2, 0.25) is 0 Å². The van der Waals surface area contributed by atoms with Gasteiger partial charge in [-0.1, -0.05) is 315 Å². The van der Waals surface area contributed by atoms with Crippen LogP contribution in [-0.2, 0) is 19.1 Å². The molecule has 0 fully saturated rings. The lowest BCUT2D eigenvalue weighted by Gasteiger charge is -2.15.